The quantitative estimate of drug-likeness (QED) is 0.274. The minimum absolute atomic E-state index is 0.215. The Kier molecular flexibility index (Phi) is 5.53. The molecule has 0 spiro atoms. The lowest BCUT2D eigenvalue weighted by molar-refractivity contribution is 0.395. The zero-order valence-electron chi connectivity index (χ0n) is 20.6. The number of aryl methyl sites for hydroxylation is 2. The number of rotatable bonds is 6. The van der Waals surface area contributed by atoms with Crippen molar-refractivity contribution in [3.63, 3.8) is 0 Å². The van der Waals surface area contributed by atoms with Gasteiger partial charge in [-0.1, -0.05) is 135 Å². The van der Waals surface area contributed by atoms with Gasteiger partial charge in [-0.3, -0.25) is 0 Å². The average Bonchev–Trinajstić information content (AvgIpc) is 3.58. The van der Waals surface area contributed by atoms with E-state index >= 15 is 0 Å². The highest BCUT2D eigenvalue weighted by atomic mass is 14.5. The fourth-order valence-electron chi connectivity index (χ4n) is 6.82. The molecule has 0 atom stereocenters. The monoisotopic (exact) mass is 452 g/mol. The Balaban J connectivity index is 1.78. The summed E-state index contributed by atoms with van der Waals surface area (Å²) < 4.78 is 0. The molecule has 0 bridgehead atoms. The second kappa shape index (κ2) is 8.86. The molecule has 2 aliphatic carbocycles. The SMILES string of the molecule is CCc1cccc2c1-c1c(CC)cccc1C2C(c1ccccc1)(c1ccccc1)C1C=CC=C1. The minimum atomic E-state index is -0.259. The second-order valence-corrected chi connectivity index (χ2v) is 9.80. The van der Waals surface area contributed by atoms with E-state index in [1.807, 2.05) is 0 Å². The molecule has 4 aromatic carbocycles. The van der Waals surface area contributed by atoms with E-state index in [9.17, 15) is 0 Å². The molecular formula is C35H32. The fraction of sp³-hybridized carbons (Fsp3) is 0.200. The van der Waals surface area contributed by atoms with Crippen molar-refractivity contribution in [3.05, 3.63) is 155 Å². The summed E-state index contributed by atoms with van der Waals surface area (Å²) in [5.41, 5.74) is 11.3. The predicted molar refractivity (Wildman–Crippen MR) is 148 cm³/mol. The average molecular weight is 453 g/mol. The molecule has 0 unspecified atom stereocenters. The van der Waals surface area contributed by atoms with Gasteiger partial charge < -0.3 is 0 Å². The highest BCUT2D eigenvalue weighted by molar-refractivity contribution is 5.85. The van der Waals surface area contributed by atoms with Gasteiger partial charge in [0.15, 0.2) is 0 Å². The van der Waals surface area contributed by atoms with Crippen molar-refractivity contribution in [3.8, 4) is 11.1 Å². The van der Waals surface area contributed by atoms with Crippen molar-refractivity contribution in [2.45, 2.75) is 38.0 Å². The Bertz CT molecular complexity index is 1300. The zero-order chi connectivity index (χ0) is 23.8. The molecule has 35 heavy (non-hydrogen) atoms. The molecule has 0 aromatic heterocycles. The first kappa shape index (κ1) is 21.9. The predicted octanol–water partition coefficient (Wildman–Crippen LogP) is 8.65. The van der Waals surface area contributed by atoms with Crippen molar-refractivity contribution in [1.29, 1.82) is 0 Å². The molecule has 172 valence electrons. The van der Waals surface area contributed by atoms with Crippen molar-refractivity contribution in [1.82, 2.24) is 0 Å². The minimum Gasteiger partial charge on any atom is -0.0764 e. The molecule has 0 saturated carbocycles. The van der Waals surface area contributed by atoms with Crippen molar-refractivity contribution < 1.29 is 0 Å². The Morgan fingerprint density at radius 2 is 1.00 bits per heavy atom. The Morgan fingerprint density at radius 3 is 1.43 bits per heavy atom. The van der Waals surface area contributed by atoms with Gasteiger partial charge in [0.05, 0.1) is 0 Å². The molecule has 0 saturated heterocycles. The van der Waals surface area contributed by atoms with Crippen LogP contribution in [-0.2, 0) is 18.3 Å². The van der Waals surface area contributed by atoms with Crippen LogP contribution >= 0.6 is 0 Å². The van der Waals surface area contributed by atoms with E-state index < -0.39 is 0 Å². The zero-order valence-corrected chi connectivity index (χ0v) is 20.6. The molecule has 4 aromatic rings. The van der Waals surface area contributed by atoms with E-state index in [1.165, 1.54) is 44.5 Å². The molecule has 0 radical (unpaired) electrons. The van der Waals surface area contributed by atoms with Crippen molar-refractivity contribution in [2.75, 3.05) is 0 Å². The van der Waals surface area contributed by atoms with Crippen LogP contribution in [0.15, 0.2) is 121 Å². The summed E-state index contributed by atoms with van der Waals surface area (Å²) in [6, 6.07) is 36.5. The molecule has 0 N–H and O–H groups in total. The van der Waals surface area contributed by atoms with Crippen LogP contribution in [0.3, 0.4) is 0 Å². The molecule has 0 nitrogen and oxygen atoms in total. The third kappa shape index (κ3) is 3.20. The van der Waals surface area contributed by atoms with Crippen LogP contribution in [0.4, 0.5) is 0 Å². The number of allylic oxidation sites excluding steroid dienone is 4. The maximum absolute atomic E-state index is 2.41. The van der Waals surface area contributed by atoms with Crippen molar-refractivity contribution >= 4 is 0 Å². The van der Waals surface area contributed by atoms with E-state index in [2.05, 4.69) is 135 Å². The first-order valence-corrected chi connectivity index (χ1v) is 13.0. The van der Waals surface area contributed by atoms with Crippen molar-refractivity contribution in [2.24, 2.45) is 5.92 Å². The standard InChI is InChI=1S/C35H32/c1-3-25-15-13-23-30-32(25)33-26(4-2)16-14-24-31(33)34(30)35(29-21-11-12-22-29,27-17-7-5-8-18-27)28-19-9-6-10-20-28/h5-24,29,34H,3-4H2,1-2H3. The van der Waals surface area contributed by atoms with Gasteiger partial charge in [0.2, 0.25) is 0 Å². The molecular weight excluding hydrogens is 420 g/mol. The maximum Gasteiger partial charge on any atom is 0.0409 e. The van der Waals surface area contributed by atoms with E-state index in [1.54, 1.807) is 0 Å². The second-order valence-electron chi connectivity index (χ2n) is 9.80. The van der Waals surface area contributed by atoms with Gasteiger partial charge in [0.1, 0.15) is 0 Å². The van der Waals surface area contributed by atoms with Crippen LogP contribution in [0.5, 0.6) is 0 Å². The van der Waals surface area contributed by atoms with Crippen LogP contribution in [0.1, 0.15) is 53.1 Å². The summed E-state index contributed by atoms with van der Waals surface area (Å²) in [4.78, 5) is 0. The van der Waals surface area contributed by atoms with Gasteiger partial charge in [0.25, 0.3) is 0 Å². The summed E-state index contributed by atoms with van der Waals surface area (Å²) in [6.07, 6.45) is 11.4. The molecule has 6 rings (SSSR count). The van der Waals surface area contributed by atoms with Gasteiger partial charge in [-0.05, 0) is 57.3 Å². The summed E-state index contributed by atoms with van der Waals surface area (Å²) in [5.74, 6) is 0.472. The first-order chi connectivity index (χ1) is 17.3. The summed E-state index contributed by atoms with van der Waals surface area (Å²) in [7, 11) is 0. The Labute approximate surface area is 209 Å². The third-order valence-corrected chi connectivity index (χ3v) is 8.23. The van der Waals surface area contributed by atoms with Gasteiger partial charge in [0, 0.05) is 17.3 Å². The van der Waals surface area contributed by atoms with E-state index in [0.717, 1.165) is 12.8 Å². The lowest BCUT2D eigenvalue weighted by Crippen LogP contribution is -2.40. The van der Waals surface area contributed by atoms with Crippen LogP contribution in [0.2, 0.25) is 0 Å². The van der Waals surface area contributed by atoms with Crippen LogP contribution in [0, 0.1) is 5.92 Å². The summed E-state index contributed by atoms with van der Waals surface area (Å²) in [6.45, 7) is 4.59. The molecule has 0 aliphatic heterocycles. The van der Waals surface area contributed by atoms with E-state index in [-0.39, 0.29) is 17.3 Å². The molecule has 0 heterocycles. The molecule has 0 fully saturated rings. The fourth-order valence-corrected chi connectivity index (χ4v) is 6.82. The highest BCUT2D eigenvalue weighted by Gasteiger charge is 2.51. The Morgan fingerprint density at radius 1 is 0.543 bits per heavy atom. The van der Waals surface area contributed by atoms with E-state index in [4.69, 9.17) is 0 Å². The van der Waals surface area contributed by atoms with Crippen LogP contribution in [-0.4, -0.2) is 0 Å². The largest absolute Gasteiger partial charge is 0.0764 e. The smallest absolute Gasteiger partial charge is 0.0409 e. The number of benzene rings is 4. The first-order valence-electron chi connectivity index (χ1n) is 13.0. The summed E-state index contributed by atoms with van der Waals surface area (Å²) in [5, 5.41) is 0. The third-order valence-electron chi connectivity index (χ3n) is 8.23. The lowest BCUT2D eigenvalue weighted by atomic mass is 9.56. The topological polar surface area (TPSA) is 0 Å². The van der Waals surface area contributed by atoms with Crippen LogP contribution in [0.25, 0.3) is 11.1 Å². The number of hydrogen-bond acceptors (Lipinski definition) is 0. The number of hydrogen-bond donors (Lipinski definition) is 0. The van der Waals surface area contributed by atoms with Gasteiger partial charge in [-0.2, -0.15) is 0 Å². The molecule has 2 aliphatic rings. The van der Waals surface area contributed by atoms with E-state index in [0.29, 0.717) is 0 Å². The Hall–Kier alpha value is -3.64. The van der Waals surface area contributed by atoms with Gasteiger partial charge >= 0.3 is 0 Å². The molecule has 0 amide bonds. The van der Waals surface area contributed by atoms with Crippen LogP contribution < -0.4 is 0 Å². The van der Waals surface area contributed by atoms with Gasteiger partial charge in [-0.15, -0.1) is 0 Å². The highest BCUT2D eigenvalue weighted by Crippen LogP contribution is 2.61. The lowest BCUT2D eigenvalue weighted by Gasteiger charge is -2.45. The maximum atomic E-state index is 2.41. The normalized spacial score (nSPS) is 14.9. The molecule has 0 heteroatoms. The number of fused-ring (bicyclic) bond motifs is 3. The summed E-state index contributed by atoms with van der Waals surface area (Å²) >= 11 is 0. The van der Waals surface area contributed by atoms with Gasteiger partial charge in [-0.25, -0.2) is 0 Å².